The van der Waals surface area contributed by atoms with Crippen molar-refractivity contribution in [2.24, 2.45) is 5.92 Å². The predicted molar refractivity (Wildman–Crippen MR) is 83.1 cm³/mol. The second kappa shape index (κ2) is 7.68. The van der Waals surface area contributed by atoms with Crippen LogP contribution in [-0.4, -0.2) is 16.7 Å². The summed E-state index contributed by atoms with van der Waals surface area (Å²) in [5.74, 6) is 1.18. The SMILES string of the molecule is CCC(C)Oc1cccc(CC(Br)C(=O)C(C)C)c1. The van der Waals surface area contributed by atoms with Gasteiger partial charge in [-0.2, -0.15) is 0 Å². The lowest BCUT2D eigenvalue weighted by Crippen LogP contribution is -2.21. The van der Waals surface area contributed by atoms with E-state index in [2.05, 4.69) is 29.8 Å². The van der Waals surface area contributed by atoms with Gasteiger partial charge in [-0.15, -0.1) is 0 Å². The van der Waals surface area contributed by atoms with Gasteiger partial charge < -0.3 is 4.74 Å². The van der Waals surface area contributed by atoms with Crippen molar-refractivity contribution in [3.8, 4) is 5.75 Å². The fourth-order valence-electron chi connectivity index (χ4n) is 1.73. The molecule has 19 heavy (non-hydrogen) atoms. The van der Waals surface area contributed by atoms with E-state index in [0.29, 0.717) is 6.42 Å². The molecule has 2 unspecified atom stereocenters. The van der Waals surface area contributed by atoms with Crippen molar-refractivity contribution in [1.82, 2.24) is 0 Å². The topological polar surface area (TPSA) is 26.3 Å². The van der Waals surface area contributed by atoms with Crippen LogP contribution in [0.25, 0.3) is 0 Å². The van der Waals surface area contributed by atoms with E-state index in [0.717, 1.165) is 17.7 Å². The Morgan fingerprint density at radius 2 is 2.00 bits per heavy atom. The number of alkyl halides is 1. The van der Waals surface area contributed by atoms with E-state index in [9.17, 15) is 4.79 Å². The molecule has 0 N–H and O–H groups in total. The highest BCUT2D eigenvalue weighted by Crippen LogP contribution is 2.20. The molecule has 0 spiro atoms. The molecule has 0 heterocycles. The molecule has 106 valence electrons. The molecule has 0 bridgehead atoms. The third-order valence-corrected chi connectivity index (χ3v) is 3.88. The van der Waals surface area contributed by atoms with Crippen molar-refractivity contribution in [2.75, 3.05) is 0 Å². The summed E-state index contributed by atoms with van der Waals surface area (Å²) < 4.78 is 5.79. The summed E-state index contributed by atoms with van der Waals surface area (Å²) in [4.78, 5) is 11.8. The van der Waals surface area contributed by atoms with Crippen LogP contribution in [0, 0.1) is 5.92 Å². The maximum atomic E-state index is 11.9. The number of hydrogen-bond donors (Lipinski definition) is 0. The van der Waals surface area contributed by atoms with Gasteiger partial charge in [-0.1, -0.05) is 48.8 Å². The quantitative estimate of drug-likeness (QED) is 0.694. The zero-order valence-corrected chi connectivity index (χ0v) is 13.7. The summed E-state index contributed by atoms with van der Waals surface area (Å²) in [5, 5.41) is 0. The third kappa shape index (κ3) is 5.35. The summed E-state index contributed by atoms with van der Waals surface area (Å²) in [6.45, 7) is 8.02. The minimum Gasteiger partial charge on any atom is -0.491 e. The lowest BCUT2D eigenvalue weighted by molar-refractivity contribution is -0.121. The van der Waals surface area contributed by atoms with E-state index in [1.54, 1.807) is 0 Å². The highest BCUT2D eigenvalue weighted by molar-refractivity contribution is 9.10. The van der Waals surface area contributed by atoms with Crippen LogP contribution in [0.15, 0.2) is 24.3 Å². The Bertz CT molecular complexity index is 415. The van der Waals surface area contributed by atoms with Crippen LogP contribution in [0.5, 0.6) is 5.75 Å². The van der Waals surface area contributed by atoms with Gasteiger partial charge in [0.1, 0.15) is 11.5 Å². The molecule has 2 nitrogen and oxygen atoms in total. The molecule has 0 aliphatic rings. The first-order chi connectivity index (χ1) is 8.93. The maximum absolute atomic E-state index is 11.9. The number of hydrogen-bond acceptors (Lipinski definition) is 2. The zero-order valence-electron chi connectivity index (χ0n) is 12.2. The van der Waals surface area contributed by atoms with Gasteiger partial charge in [0.2, 0.25) is 0 Å². The molecule has 0 saturated heterocycles. The number of carbonyl (C=O) groups is 1. The number of ether oxygens (including phenoxy) is 1. The molecule has 0 saturated carbocycles. The smallest absolute Gasteiger partial charge is 0.149 e. The molecule has 1 aromatic rings. The molecule has 3 heteroatoms. The van der Waals surface area contributed by atoms with Crippen LogP contribution in [0.4, 0.5) is 0 Å². The largest absolute Gasteiger partial charge is 0.491 e. The highest BCUT2D eigenvalue weighted by atomic mass is 79.9. The Hall–Kier alpha value is -0.830. The number of benzene rings is 1. The lowest BCUT2D eigenvalue weighted by Gasteiger charge is -2.15. The maximum Gasteiger partial charge on any atom is 0.149 e. The average molecular weight is 327 g/mol. The van der Waals surface area contributed by atoms with Gasteiger partial charge in [-0.05, 0) is 37.5 Å². The minimum absolute atomic E-state index is 0.0592. The summed E-state index contributed by atoms with van der Waals surface area (Å²) in [6.07, 6.45) is 1.90. The first-order valence-electron chi connectivity index (χ1n) is 6.87. The molecule has 0 aromatic heterocycles. The van der Waals surface area contributed by atoms with E-state index in [-0.39, 0.29) is 22.6 Å². The van der Waals surface area contributed by atoms with Crippen LogP contribution < -0.4 is 4.74 Å². The Kier molecular flexibility index (Phi) is 6.56. The number of carbonyl (C=O) groups excluding carboxylic acids is 1. The molecule has 1 rings (SSSR count). The van der Waals surface area contributed by atoms with Gasteiger partial charge in [0.15, 0.2) is 0 Å². The Morgan fingerprint density at radius 1 is 1.32 bits per heavy atom. The number of ketones is 1. The van der Waals surface area contributed by atoms with Crippen LogP contribution in [0.1, 0.15) is 39.7 Å². The molecule has 0 fully saturated rings. The van der Waals surface area contributed by atoms with Crippen molar-refractivity contribution in [3.05, 3.63) is 29.8 Å². The third-order valence-electron chi connectivity index (χ3n) is 3.10. The van der Waals surface area contributed by atoms with Crippen molar-refractivity contribution in [3.63, 3.8) is 0 Å². The second-order valence-electron chi connectivity index (χ2n) is 5.21. The molecular formula is C16H23BrO2. The van der Waals surface area contributed by atoms with Crippen LogP contribution in [0.2, 0.25) is 0 Å². The normalized spacial score (nSPS) is 14.2. The fourth-order valence-corrected chi connectivity index (χ4v) is 2.63. The van der Waals surface area contributed by atoms with E-state index in [1.165, 1.54) is 0 Å². The molecule has 0 amide bonds. The van der Waals surface area contributed by atoms with E-state index in [4.69, 9.17) is 4.74 Å². The number of Topliss-reactive ketones (excluding diaryl/α,β-unsaturated/α-hetero) is 1. The summed E-state index contributed by atoms with van der Waals surface area (Å²) in [6, 6.07) is 8.00. The Labute approximate surface area is 124 Å². The van der Waals surface area contributed by atoms with Crippen LogP contribution in [0.3, 0.4) is 0 Å². The molecule has 1 aromatic carbocycles. The van der Waals surface area contributed by atoms with Gasteiger partial charge in [0.05, 0.1) is 10.9 Å². The predicted octanol–water partition coefficient (Wildman–Crippen LogP) is 4.40. The van der Waals surface area contributed by atoms with Crippen LogP contribution >= 0.6 is 15.9 Å². The minimum atomic E-state index is -0.119. The first-order valence-corrected chi connectivity index (χ1v) is 7.79. The Balaban J connectivity index is 2.69. The summed E-state index contributed by atoms with van der Waals surface area (Å²) in [7, 11) is 0. The van der Waals surface area contributed by atoms with Crippen molar-refractivity contribution < 1.29 is 9.53 Å². The lowest BCUT2D eigenvalue weighted by atomic mass is 10.0. The van der Waals surface area contributed by atoms with Gasteiger partial charge in [-0.25, -0.2) is 0 Å². The molecular weight excluding hydrogens is 304 g/mol. The van der Waals surface area contributed by atoms with Gasteiger partial charge in [0, 0.05) is 5.92 Å². The molecule has 0 aliphatic carbocycles. The van der Waals surface area contributed by atoms with Crippen LogP contribution in [-0.2, 0) is 11.2 Å². The Morgan fingerprint density at radius 3 is 2.58 bits per heavy atom. The monoisotopic (exact) mass is 326 g/mol. The molecule has 0 aliphatic heterocycles. The van der Waals surface area contributed by atoms with Gasteiger partial charge in [0.25, 0.3) is 0 Å². The average Bonchev–Trinajstić information content (AvgIpc) is 2.37. The van der Waals surface area contributed by atoms with Gasteiger partial charge in [-0.3, -0.25) is 4.79 Å². The van der Waals surface area contributed by atoms with Gasteiger partial charge >= 0.3 is 0 Å². The van der Waals surface area contributed by atoms with Crippen molar-refractivity contribution in [2.45, 2.75) is 51.5 Å². The van der Waals surface area contributed by atoms with E-state index < -0.39 is 0 Å². The van der Waals surface area contributed by atoms with E-state index in [1.807, 2.05) is 38.1 Å². The van der Waals surface area contributed by atoms with Crippen molar-refractivity contribution in [1.29, 1.82) is 0 Å². The number of halogens is 1. The summed E-state index contributed by atoms with van der Waals surface area (Å²) in [5.41, 5.74) is 1.12. The molecule has 0 radical (unpaired) electrons. The van der Waals surface area contributed by atoms with Crippen molar-refractivity contribution >= 4 is 21.7 Å². The second-order valence-corrected chi connectivity index (χ2v) is 6.32. The standard InChI is InChI=1S/C16H23BrO2/c1-5-12(4)19-14-8-6-7-13(9-14)10-15(17)16(18)11(2)3/h6-9,11-12,15H,5,10H2,1-4H3. The summed E-state index contributed by atoms with van der Waals surface area (Å²) >= 11 is 3.48. The molecule has 2 atom stereocenters. The van der Waals surface area contributed by atoms with E-state index >= 15 is 0 Å². The number of rotatable bonds is 7. The zero-order chi connectivity index (χ0) is 14.4. The fraction of sp³-hybridized carbons (Fsp3) is 0.562. The first kappa shape index (κ1) is 16.2. The highest BCUT2D eigenvalue weighted by Gasteiger charge is 2.18.